The standard InChI is InChI=1S/C16H23N3O/c1-16(2)9-13(10-16)18-15(20)19-8-4-6-14(19)12-5-3-7-17-11-12/h3,5,7,11,13-14H,4,6,8-10H2,1-2H3,(H,18,20). The fourth-order valence-corrected chi connectivity index (χ4v) is 3.56. The van der Waals surface area contributed by atoms with Crippen molar-refractivity contribution in [3.8, 4) is 0 Å². The van der Waals surface area contributed by atoms with Crippen molar-refractivity contribution in [3.63, 3.8) is 0 Å². The summed E-state index contributed by atoms with van der Waals surface area (Å²) in [6.07, 6.45) is 7.94. The molecule has 4 nitrogen and oxygen atoms in total. The molecule has 20 heavy (non-hydrogen) atoms. The number of nitrogens with zero attached hydrogens (tertiary/aromatic N) is 2. The predicted molar refractivity (Wildman–Crippen MR) is 78.3 cm³/mol. The Bertz CT molecular complexity index is 478. The van der Waals surface area contributed by atoms with Crippen LogP contribution in [0.1, 0.15) is 51.1 Å². The van der Waals surface area contributed by atoms with Crippen LogP contribution in [-0.4, -0.2) is 28.5 Å². The van der Waals surface area contributed by atoms with Crippen LogP contribution in [0.2, 0.25) is 0 Å². The second kappa shape index (κ2) is 5.08. The number of likely N-dealkylation sites (tertiary alicyclic amines) is 1. The van der Waals surface area contributed by atoms with E-state index in [0.29, 0.717) is 11.5 Å². The SMILES string of the molecule is CC1(C)CC(NC(=O)N2CCCC2c2cccnc2)C1. The maximum atomic E-state index is 12.4. The molecular weight excluding hydrogens is 250 g/mol. The van der Waals surface area contributed by atoms with Crippen molar-refractivity contribution in [2.75, 3.05) is 6.54 Å². The third kappa shape index (κ3) is 2.65. The average Bonchev–Trinajstić information content (AvgIpc) is 2.86. The molecule has 2 aliphatic rings. The third-order valence-corrected chi connectivity index (χ3v) is 4.51. The number of pyridine rings is 1. The third-order valence-electron chi connectivity index (χ3n) is 4.51. The van der Waals surface area contributed by atoms with E-state index < -0.39 is 0 Å². The molecule has 1 aliphatic carbocycles. The van der Waals surface area contributed by atoms with Crippen LogP contribution in [0.3, 0.4) is 0 Å². The Morgan fingerprint density at radius 3 is 2.90 bits per heavy atom. The van der Waals surface area contributed by atoms with Crippen LogP contribution in [0, 0.1) is 5.41 Å². The molecule has 4 heteroatoms. The van der Waals surface area contributed by atoms with Crippen molar-refractivity contribution in [3.05, 3.63) is 30.1 Å². The number of hydrogen-bond donors (Lipinski definition) is 1. The lowest BCUT2D eigenvalue weighted by atomic mass is 9.68. The van der Waals surface area contributed by atoms with Crippen molar-refractivity contribution in [2.45, 2.75) is 51.6 Å². The van der Waals surface area contributed by atoms with Crippen LogP contribution in [0.4, 0.5) is 4.79 Å². The van der Waals surface area contributed by atoms with Crippen molar-refractivity contribution in [2.24, 2.45) is 5.41 Å². The van der Waals surface area contributed by atoms with Crippen molar-refractivity contribution in [1.82, 2.24) is 15.2 Å². The van der Waals surface area contributed by atoms with Crippen LogP contribution in [0.25, 0.3) is 0 Å². The van der Waals surface area contributed by atoms with Gasteiger partial charge in [0.15, 0.2) is 0 Å². The number of urea groups is 1. The summed E-state index contributed by atoms with van der Waals surface area (Å²) in [6, 6.07) is 4.65. The minimum atomic E-state index is 0.0943. The van der Waals surface area contributed by atoms with Crippen LogP contribution < -0.4 is 5.32 Å². The topological polar surface area (TPSA) is 45.2 Å². The summed E-state index contributed by atoms with van der Waals surface area (Å²) in [6.45, 7) is 5.36. The zero-order chi connectivity index (χ0) is 14.2. The summed E-state index contributed by atoms with van der Waals surface area (Å²) in [7, 11) is 0. The summed E-state index contributed by atoms with van der Waals surface area (Å²) in [5.74, 6) is 0. The number of amides is 2. The number of hydrogen-bond acceptors (Lipinski definition) is 2. The molecule has 1 unspecified atom stereocenters. The summed E-state index contributed by atoms with van der Waals surface area (Å²) in [4.78, 5) is 18.6. The van der Waals surface area contributed by atoms with Gasteiger partial charge < -0.3 is 10.2 Å². The van der Waals surface area contributed by atoms with Crippen molar-refractivity contribution in [1.29, 1.82) is 0 Å². The Balaban J connectivity index is 1.62. The van der Waals surface area contributed by atoms with Gasteiger partial charge in [0.25, 0.3) is 0 Å². The van der Waals surface area contributed by atoms with E-state index in [1.807, 2.05) is 17.2 Å². The molecule has 1 aliphatic heterocycles. The van der Waals surface area contributed by atoms with E-state index in [0.717, 1.165) is 37.8 Å². The van der Waals surface area contributed by atoms with Gasteiger partial charge in [-0.15, -0.1) is 0 Å². The lowest BCUT2D eigenvalue weighted by Gasteiger charge is -2.43. The lowest BCUT2D eigenvalue weighted by Crippen LogP contribution is -2.52. The second-order valence-corrected chi connectivity index (χ2v) is 6.86. The van der Waals surface area contributed by atoms with Gasteiger partial charge in [-0.05, 0) is 42.7 Å². The molecule has 3 rings (SSSR count). The van der Waals surface area contributed by atoms with E-state index in [1.54, 1.807) is 6.20 Å². The minimum absolute atomic E-state index is 0.0943. The van der Waals surface area contributed by atoms with Crippen LogP contribution in [0.5, 0.6) is 0 Å². The highest BCUT2D eigenvalue weighted by molar-refractivity contribution is 5.75. The predicted octanol–water partition coefficient (Wildman–Crippen LogP) is 3.12. The molecule has 2 heterocycles. The van der Waals surface area contributed by atoms with Gasteiger partial charge in [0.1, 0.15) is 0 Å². The monoisotopic (exact) mass is 273 g/mol. The highest BCUT2D eigenvalue weighted by atomic mass is 16.2. The first-order chi connectivity index (χ1) is 9.55. The molecule has 108 valence electrons. The van der Waals surface area contributed by atoms with Gasteiger partial charge in [0, 0.05) is 25.0 Å². The van der Waals surface area contributed by atoms with Crippen LogP contribution >= 0.6 is 0 Å². The van der Waals surface area contributed by atoms with Gasteiger partial charge in [0.05, 0.1) is 6.04 Å². The molecule has 2 fully saturated rings. The maximum absolute atomic E-state index is 12.4. The van der Waals surface area contributed by atoms with Gasteiger partial charge >= 0.3 is 6.03 Å². The Morgan fingerprint density at radius 1 is 1.45 bits per heavy atom. The molecule has 1 atom stereocenters. The maximum Gasteiger partial charge on any atom is 0.318 e. The molecular formula is C16H23N3O. The van der Waals surface area contributed by atoms with E-state index in [2.05, 4.69) is 30.2 Å². The molecule has 0 bridgehead atoms. The number of carbonyl (C=O) groups is 1. The molecule has 0 aromatic carbocycles. The number of carbonyl (C=O) groups excluding carboxylic acids is 1. The van der Waals surface area contributed by atoms with E-state index in [1.165, 1.54) is 0 Å². The quantitative estimate of drug-likeness (QED) is 0.900. The normalized spacial score (nSPS) is 25.3. The molecule has 2 amide bonds. The molecule has 0 radical (unpaired) electrons. The van der Waals surface area contributed by atoms with Gasteiger partial charge in [-0.1, -0.05) is 19.9 Å². The Kier molecular flexibility index (Phi) is 3.40. The second-order valence-electron chi connectivity index (χ2n) is 6.86. The first-order valence-corrected chi connectivity index (χ1v) is 7.52. The molecule has 0 spiro atoms. The molecule has 1 aromatic heterocycles. The number of rotatable bonds is 2. The summed E-state index contributed by atoms with van der Waals surface area (Å²) >= 11 is 0. The van der Waals surface area contributed by atoms with E-state index in [9.17, 15) is 4.79 Å². The van der Waals surface area contributed by atoms with E-state index >= 15 is 0 Å². The zero-order valence-corrected chi connectivity index (χ0v) is 12.3. The average molecular weight is 273 g/mol. The summed E-state index contributed by atoms with van der Waals surface area (Å²) < 4.78 is 0. The van der Waals surface area contributed by atoms with Gasteiger partial charge in [0.2, 0.25) is 0 Å². The largest absolute Gasteiger partial charge is 0.335 e. The molecule has 1 saturated carbocycles. The van der Waals surface area contributed by atoms with Gasteiger partial charge in [-0.25, -0.2) is 4.79 Å². The van der Waals surface area contributed by atoms with Gasteiger partial charge in [-0.3, -0.25) is 4.98 Å². The van der Waals surface area contributed by atoms with E-state index in [-0.39, 0.29) is 12.1 Å². The Labute approximate surface area is 120 Å². The molecule has 1 aromatic rings. The number of nitrogens with one attached hydrogen (secondary N) is 1. The highest BCUT2D eigenvalue weighted by Gasteiger charge is 2.39. The van der Waals surface area contributed by atoms with Crippen molar-refractivity contribution < 1.29 is 4.79 Å². The lowest BCUT2D eigenvalue weighted by molar-refractivity contribution is 0.118. The fourth-order valence-electron chi connectivity index (χ4n) is 3.56. The Hall–Kier alpha value is -1.58. The Morgan fingerprint density at radius 2 is 2.25 bits per heavy atom. The highest BCUT2D eigenvalue weighted by Crippen LogP contribution is 2.40. The molecule has 1 saturated heterocycles. The first kappa shape index (κ1) is 13.4. The minimum Gasteiger partial charge on any atom is -0.335 e. The number of aromatic nitrogens is 1. The van der Waals surface area contributed by atoms with Gasteiger partial charge in [-0.2, -0.15) is 0 Å². The first-order valence-electron chi connectivity index (χ1n) is 7.52. The zero-order valence-electron chi connectivity index (χ0n) is 12.3. The summed E-state index contributed by atoms with van der Waals surface area (Å²) in [5, 5.41) is 3.18. The van der Waals surface area contributed by atoms with Crippen molar-refractivity contribution >= 4 is 6.03 Å². The van der Waals surface area contributed by atoms with Crippen LogP contribution in [-0.2, 0) is 0 Å². The molecule has 1 N–H and O–H groups in total. The van der Waals surface area contributed by atoms with E-state index in [4.69, 9.17) is 0 Å². The fraction of sp³-hybridized carbons (Fsp3) is 0.625. The smallest absolute Gasteiger partial charge is 0.318 e. The summed E-state index contributed by atoms with van der Waals surface area (Å²) in [5.41, 5.74) is 1.54. The van der Waals surface area contributed by atoms with Crippen LogP contribution in [0.15, 0.2) is 24.5 Å².